The van der Waals surface area contributed by atoms with Crippen molar-refractivity contribution in [3.63, 3.8) is 0 Å². The van der Waals surface area contributed by atoms with E-state index in [1.807, 2.05) is 0 Å². The molecule has 0 saturated heterocycles. The quantitative estimate of drug-likeness (QED) is 0.0261. The highest BCUT2D eigenvalue weighted by Gasteiger charge is 2.19. The molecule has 0 aromatic heterocycles. The van der Waals surface area contributed by atoms with Crippen molar-refractivity contribution in [3.8, 4) is 0 Å². The molecule has 0 heterocycles. The van der Waals surface area contributed by atoms with Crippen LogP contribution in [0.15, 0.2) is 170 Å². The number of esters is 3. The molecule has 442 valence electrons. The van der Waals surface area contributed by atoms with Crippen LogP contribution in [0.4, 0.5) is 0 Å². The molecule has 0 amide bonds. The molecule has 0 N–H and O–H groups in total. The van der Waals surface area contributed by atoms with Gasteiger partial charge in [-0.05, 0) is 141 Å². The van der Waals surface area contributed by atoms with Gasteiger partial charge < -0.3 is 14.2 Å². The third-order valence-electron chi connectivity index (χ3n) is 12.7. The first-order valence-corrected chi connectivity index (χ1v) is 31.6. The second kappa shape index (κ2) is 65.3. The molecule has 0 spiro atoms. The molecule has 0 rings (SSSR count). The van der Waals surface area contributed by atoms with E-state index in [1.54, 1.807) is 0 Å². The molecule has 1 atom stereocenters. The summed E-state index contributed by atoms with van der Waals surface area (Å²) in [5.74, 6) is -1.01. The van der Waals surface area contributed by atoms with Crippen molar-refractivity contribution in [3.05, 3.63) is 170 Å². The van der Waals surface area contributed by atoms with E-state index in [9.17, 15) is 14.4 Å². The smallest absolute Gasteiger partial charge is 0.306 e. The summed E-state index contributed by atoms with van der Waals surface area (Å²) in [6, 6.07) is 0. The lowest BCUT2D eigenvalue weighted by atomic mass is 10.0. The summed E-state index contributed by atoms with van der Waals surface area (Å²) in [7, 11) is 0. The van der Waals surface area contributed by atoms with Gasteiger partial charge in [-0.2, -0.15) is 0 Å². The van der Waals surface area contributed by atoms with Gasteiger partial charge in [-0.15, -0.1) is 0 Å². The van der Waals surface area contributed by atoms with Gasteiger partial charge in [0.2, 0.25) is 0 Å². The Morgan fingerprint density at radius 2 is 0.468 bits per heavy atom. The average molecular weight is 1090 g/mol. The van der Waals surface area contributed by atoms with Crippen molar-refractivity contribution in [1.29, 1.82) is 0 Å². The number of hydrogen-bond acceptors (Lipinski definition) is 6. The standard InChI is InChI=1S/C73H114O6/c1-4-7-10-13-16-19-22-25-28-31-32-33-34-35-36-37-38-39-40-43-45-48-51-54-57-60-63-66-72(75)78-69-70(79-73(76)67-64-61-58-55-52-49-46-42-30-27-24-21-18-15-12-9-6-3)68-77-71(74)65-62-59-56-53-50-47-44-41-29-26-23-20-17-14-11-8-5-2/h7-12,16-21,25-30,32-33,35-36,44,46-47,49,55,58,70H,4-6,13-15,22-24,31,34,37-43,45,48,50-54,56-57,59-69H2,1-3H3/b10-7-,11-8-,12-9-,19-16-,20-17-,21-18-,28-25-,29-26-,30-27-,33-32-,36-35-,47-44-,49-46-,58-55-. The molecule has 0 aliphatic heterocycles. The molecule has 6 heteroatoms. The van der Waals surface area contributed by atoms with Gasteiger partial charge in [0.25, 0.3) is 0 Å². The summed E-state index contributed by atoms with van der Waals surface area (Å²) < 4.78 is 16.8. The van der Waals surface area contributed by atoms with Crippen molar-refractivity contribution in [1.82, 2.24) is 0 Å². The van der Waals surface area contributed by atoms with E-state index >= 15 is 0 Å². The Hall–Kier alpha value is -5.23. The van der Waals surface area contributed by atoms with E-state index in [1.165, 1.54) is 57.8 Å². The molecule has 6 nitrogen and oxygen atoms in total. The van der Waals surface area contributed by atoms with Crippen LogP contribution in [0.2, 0.25) is 0 Å². The highest BCUT2D eigenvalue weighted by molar-refractivity contribution is 5.71. The first-order valence-electron chi connectivity index (χ1n) is 31.6. The minimum absolute atomic E-state index is 0.118. The second-order valence-corrected chi connectivity index (χ2v) is 20.2. The Morgan fingerprint density at radius 1 is 0.253 bits per heavy atom. The van der Waals surface area contributed by atoms with Crippen molar-refractivity contribution in [2.75, 3.05) is 13.2 Å². The Labute approximate surface area is 485 Å². The minimum atomic E-state index is -0.830. The summed E-state index contributed by atoms with van der Waals surface area (Å²) in [5, 5.41) is 0. The van der Waals surface area contributed by atoms with E-state index in [2.05, 4.69) is 191 Å². The molecule has 0 radical (unpaired) electrons. The highest BCUT2D eigenvalue weighted by atomic mass is 16.6. The van der Waals surface area contributed by atoms with Gasteiger partial charge in [-0.3, -0.25) is 14.4 Å². The molecule has 0 aliphatic carbocycles. The van der Waals surface area contributed by atoms with E-state index < -0.39 is 6.10 Å². The summed E-state index contributed by atoms with van der Waals surface area (Å²) in [5.41, 5.74) is 0. The van der Waals surface area contributed by atoms with Crippen molar-refractivity contribution >= 4 is 17.9 Å². The van der Waals surface area contributed by atoms with Crippen molar-refractivity contribution in [2.45, 2.75) is 258 Å². The molecule has 0 bridgehead atoms. The highest BCUT2D eigenvalue weighted by Crippen LogP contribution is 2.14. The van der Waals surface area contributed by atoms with Gasteiger partial charge in [0.05, 0.1) is 0 Å². The maximum absolute atomic E-state index is 12.9. The monoisotopic (exact) mass is 1090 g/mol. The zero-order valence-corrected chi connectivity index (χ0v) is 50.6. The summed E-state index contributed by atoms with van der Waals surface area (Å²) in [4.78, 5) is 38.3. The van der Waals surface area contributed by atoms with Crippen molar-refractivity contribution in [2.24, 2.45) is 0 Å². The predicted molar refractivity (Wildman–Crippen MR) is 343 cm³/mol. The first-order chi connectivity index (χ1) is 39.0. The van der Waals surface area contributed by atoms with Gasteiger partial charge >= 0.3 is 17.9 Å². The number of unbranched alkanes of at least 4 members (excludes halogenated alkanes) is 16. The van der Waals surface area contributed by atoms with E-state index in [0.29, 0.717) is 19.3 Å². The number of carbonyl (C=O) groups excluding carboxylic acids is 3. The number of rotatable bonds is 55. The molecular formula is C73H114O6. The average Bonchev–Trinajstić information content (AvgIpc) is 3.45. The number of carbonyl (C=O) groups is 3. The van der Waals surface area contributed by atoms with E-state index in [-0.39, 0.29) is 37.5 Å². The van der Waals surface area contributed by atoms with Gasteiger partial charge in [0, 0.05) is 19.3 Å². The van der Waals surface area contributed by atoms with Crippen LogP contribution in [0, 0.1) is 0 Å². The lowest BCUT2D eigenvalue weighted by Crippen LogP contribution is -2.30. The van der Waals surface area contributed by atoms with Crippen LogP contribution in [-0.4, -0.2) is 37.2 Å². The zero-order valence-electron chi connectivity index (χ0n) is 50.6. The number of ether oxygens (including phenoxy) is 3. The van der Waals surface area contributed by atoms with Gasteiger partial charge in [0.15, 0.2) is 6.10 Å². The van der Waals surface area contributed by atoms with Crippen LogP contribution in [0.5, 0.6) is 0 Å². The van der Waals surface area contributed by atoms with Crippen LogP contribution in [-0.2, 0) is 28.6 Å². The van der Waals surface area contributed by atoms with Crippen molar-refractivity contribution < 1.29 is 28.6 Å². The van der Waals surface area contributed by atoms with E-state index in [4.69, 9.17) is 14.2 Å². The Balaban J connectivity index is 4.46. The van der Waals surface area contributed by atoms with Crippen LogP contribution in [0.25, 0.3) is 0 Å². The summed E-state index contributed by atoms with van der Waals surface area (Å²) in [6.45, 7) is 6.22. The summed E-state index contributed by atoms with van der Waals surface area (Å²) in [6.07, 6.45) is 96.5. The fourth-order valence-corrected chi connectivity index (χ4v) is 8.08. The molecule has 0 saturated carbocycles. The topological polar surface area (TPSA) is 78.9 Å². The summed E-state index contributed by atoms with van der Waals surface area (Å²) >= 11 is 0. The van der Waals surface area contributed by atoms with Crippen LogP contribution in [0.3, 0.4) is 0 Å². The maximum Gasteiger partial charge on any atom is 0.306 e. The van der Waals surface area contributed by atoms with Crippen LogP contribution >= 0.6 is 0 Å². The molecule has 1 unspecified atom stereocenters. The molecular weight excluding hydrogens is 973 g/mol. The Morgan fingerprint density at radius 3 is 0.747 bits per heavy atom. The third kappa shape index (κ3) is 63.5. The molecule has 0 fully saturated rings. The molecule has 0 aliphatic rings. The van der Waals surface area contributed by atoms with Gasteiger partial charge in [-0.25, -0.2) is 0 Å². The lowest BCUT2D eigenvalue weighted by molar-refractivity contribution is -0.167. The Kier molecular flexibility index (Phi) is 61.0. The third-order valence-corrected chi connectivity index (χ3v) is 12.7. The van der Waals surface area contributed by atoms with Crippen LogP contribution < -0.4 is 0 Å². The zero-order chi connectivity index (χ0) is 57.1. The molecule has 79 heavy (non-hydrogen) atoms. The number of allylic oxidation sites excluding steroid dienone is 28. The first kappa shape index (κ1) is 73.8. The fourth-order valence-electron chi connectivity index (χ4n) is 8.08. The SMILES string of the molecule is CC/C=C\C/C=C\C/C=C\C/C=C\C/C=C\CCCCCCCCCCCCCC(=O)OCC(COC(=O)CCCCCC/C=C\C/C=C\C/C=C\C/C=C\CC)OC(=O)CCC/C=C\C/C=C\C/C=C\C/C=C\C/C=C\CC. The Bertz CT molecular complexity index is 1820. The largest absolute Gasteiger partial charge is 0.462 e. The second-order valence-electron chi connectivity index (χ2n) is 20.2. The van der Waals surface area contributed by atoms with E-state index in [0.717, 1.165) is 148 Å². The lowest BCUT2D eigenvalue weighted by Gasteiger charge is -2.18. The maximum atomic E-state index is 12.9. The fraction of sp³-hybridized carbons (Fsp3) is 0.575. The normalized spacial score (nSPS) is 13.3. The predicted octanol–water partition coefficient (Wildman–Crippen LogP) is 21.9. The van der Waals surface area contributed by atoms with Gasteiger partial charge in [0.1, 0.15) is 13.2 Å². The van der Waals surface area contributed by atoms with Gasteiger partial charge in [-0.1, -0.05) is 262 Å². The minimum Gasteiger partial charge on any atom is -0.462 e. The number of hydrogen-bond donors (Lipinski definition) is 0. The molecule has 0 aromatic carbocycles. The van der Waals surface area contributed by atoms with Crippen LogP contribution in [0.1, 0.15) is 252 Å². The molecule has 0 aromatic rings.